The van der Waals surface area contributed by atoms with E-state index in [2.05, 4.69) is 27.6 Å². The minimum absolute atomic E-state index is 0.208. The number of methoxy groups -OCH3 is 1. The molecule has 1 aliphatic rings. The van der Waals surface area contributed by atoms with Crippen LogP contribution in [0, 0.1) is 3.57 Å². The summed E-state index contributed by atoms with van der Waals surface area (Å²) in [5, 5.41) is 0.482. The molecule has 0 fully saturated rings. The number of hydrogen-bond acceptors (Lipinski definition) is 4. The van der Waals surface area contributed by atoms with E-state index >= 15 is 0 Å². The topological polar surface area (TPSA) is 47.9 Å². The molecule has 23 heavy (non-hydrogen) atoms. The first-order chi connectivity index (χ1) is 11.1. The first-order valence-corrected chi connectivity index (χ1v) is 8.15. The average Bonchev–Trinajstić information content (AvgIpc) is 2.91. The Hall–Kier alpha value is -1.86. The fourth-order valence-electron chi connectivity index (χ4n) is 2.12. The van der Waals surface area contributed by atoms with Gasteiger partial charge in [0, 0.05) is 9.13 Å². The Labute approximate surface area is 151 Å². The van der Waals surface area contributed by atoms with Crippen molar-refractivity contribution in [2.75, 3.05) is 7.11 Å². The SMILES string of the molecule is COc1ccccc1/C=C1\N=C(c2cc(I)ccc2Cl)OC1=O. The first-order valence-electron chi connectivity index (χ1n) is 6.69. The molecule has 0 unspecified atom stereocenters. The number of cyclic esters (lactones) is 1. The van der Waals surface area contributed by atoms with Crippen LogP contribution in [0.25, 0.3) is 6.08 Å². The lowest BCUT2D eigenvalue weighted by molar-refractivity contribution is -0.129. The zero-order chi connectivity index (χ0) is 16.4. The summed E-state index contributed by atoms with van der Waals surface area (Å²) in [4.78, 5) is 16.3. The summed E-state index contributed by atoms with van der Waals surface area (Å²) in [5.41, 5.74) is 1.55. The largest absolute Gasteiger partial charge is 0.496 e. The van der Waals surface area contributed by atoms with E-state index in [4.69, 9.17) is 21.1 Å². The molecule has 0 aliphatic carbocycles. The lowest BCUT2D eigenvalue weighted by Gasteiger charge is -2.03. The van der Waals surface area contributed by atoms with Gasteiger partial charge < -0.3 is 9.47 Å². The molecule has 0 N–H and O–H groups in total. The van der Waals surface area contributed by atoms with E-state index in [1.165, 1.54) is 0 Å². The highest BCUT2D eigenvalue weighted by Crippen LogP contribution is 2.27. The normalized spacial score (nSPS) is 15.5. The van der Waals surface area contributed by atoms with E-state index in [0.29, 0.717) is 16.3 Å². The molecule has 2 aromatic rings. The number of rotatable bonds is 3. The van der Waals surface area contributed by atoms with E-state index < -0.39 is 5.97 Å². The van der Waals surface area contributed by atoms with Crippen LogP contribution in [0.3, 0.4) is 0 Å². The maximum absolute atomic E-state index is 12.1. The Morgan fingerprint density at radius 2 is 2.04 bits per heavy atom. The molecule has 2 aromatic carbocycles. The number of hydrogen-bond donors (Lipinski definition) is 0. The van der Waals surface area contributed by atoms with Crippen LogP contribution in [0.15, 0.2) is 53.2 Å². The van der Waals surface area contributed by atoms with Crippen LogP contribution < -0.4 is 4.74 Å². The number of aliphatic imine (C=N–C) groups is 1. The van der Waals surface area contributed by atoms with Crippen LogP contribution in [0.1, 0.15) is 11.1 Å². The maximum Gasteiger partial charge on any atom is 0.363 e. The van der Waals surface area contributed by atoms with Gasteiger partial charge in [0.1, 0.15) is 5.75 Å². The van der Waals surface area contributed by atoms with Gasteiger partial charge in [-0.3, -0.25) is 0 Å². The van der Waals surface area contributed by atoms with Crippen molar-refractivity contribution in [3.05, 3.63) is 67.9 Å². The average molecular weight is 440 g/mol. The van der Waals surface area contributed by atoms with Gasteiger partial charge in [0.15, 0.2) is 5.70 Å². The van der Waals surface area contributed by atoms with E-state index in [1.54, 1.807) is 19.3 Å². The molecule has 0 spiro atoms. The first kappa shape index (κ1) is 16.0. The fourth-order valence-corrected chi connectivity index (χ4v) is 2.81. The third-order valence-corrected chi connectivity index (χ3v) is 4.21. The predicted octanol–water partition coefficient (Wildman–Crippen LogP) is 4.30. The quantitative estimate of drug-likeness (QED) is 0.407. The predicted molar refractivity (Wildman–Crippen MR) is 97.8 cm³/mol. The number of nitrogens with zero attached hydrogens (tertiary/aromatic N) is 1. The van der Waals surface area contributed by atoms with Gasteiger partial charge in [0.25, 0.3) is 0 Å². The lowest BCUT2D eigenvalue weighted by Crippen LogP contribution is -2.06. The second-order valence-electron chi connectivity index (χ2n) is 4.70. The Morgan fingerprint density at radius 1 is 1.26 bits per heavy atom. The molecular formula is C17H11ClINO3. The van der Waals surface area contributed by atoms with E-state index in [0.717, 1.165) is 9.13 Å². The van der Waals surface area contributed by atoms with Gasteiger partial charge in [0.2, 0.25) is 5.90 Å². The van der Waals surface area contributed by atoms with E-state index in [9.17, 15) is 4.79 Å². The van der Waals surface area contributed by atoms with Crippen molar-refractivity contribution in [2.24, 2.45) is 4.99 Å². The highest BCUT2D eigenvalue weighted by molar-refractivity contribution is 14.1. The third kappa shape index (κ3) is 3.40. The van der Waals surface area contributed by atoms with Crippen molar-refractivity contribution in [1.29, 1.82) is 0 Å². The number of carbonyl (C=O) groups is 1. The second-order valence-corrected chi connectivity index (χ2v) is 6.36. The molecule has 116 valence electrons. The summed E-state index contributed by atoms with van der Waals surface area (Å²) in [6.07, 6.45) is 1.63. The Balaban J connectivity index is 2.01. The van der Waals surface area contributed by atoms with Crippen LogP contribution in [-0.4, -0.2) is 19.0 Å². The highest BCUT2D eigenvalue weighted by atomic mass is 127. The maximum atomic E-state index is 12.1. The molecule has 1 aliphatic heterocycles. The minimum Gasteiger partial charge on any atom is -0.496 e. The van der Waals surface area contributed by atoms with Crippen LogP contribution in [0.2, 0.25) is 5.02 Å². The zero-order valence-corrected chi connectivity index (χ0v) is 15.0. The number of para-hydroxylation sites is 1. The van der Waals surface area contributed by atoms with Crippen molar-refractivity contribution in [3.63, 3.8) is 0 Å². The molecular weight excluding hydrogens is 429 g/mol. The molecule has 0 atom stereocenters. The van der Waals surface area contributed by atoms with Crippen LogP contribution >= 0.6 is 34.2 Å². The zero-order valence-electron chi connectivity index (χ0n) is 12.0. The summed E-state index contributed by atoms with van der Waals surface area (Å²) >= 11 is 8.33. The minimum atomic E-state index is -0.513. The molecule has 3 rings (SSSR count). The lowest BCUT2D eigenvalue weighted by atomic mass is 10.1. The number of esters is 1. The fraction of sp³-hybridized carbons (Fsp3) is 0.0588. The molecule has 0 amide bonds. The summed E-state index contributed by atoms with van der Waals surface area (Å²) in [5.74, 6) is 0.351. The summed E-state index contributed by atoms with van der Waals surface area (Å²) in [6.45, 7) is 0. The summed E-state index contributed by atoms with van der Waals surface area (Å²) < 4.78 is 11.5. The van der Waals surface area contributed by atoms with Gasteiger partial charge in [-0.05, 0) is 52.9 Å². The molecule has 0 radical (unpaired) electrons. The van der Waals surface area contributed by atoms with Gasteiger partial charge in [-0.25, -0.2) is 9.79 Å². The Kier molecular flexibility index (Phi) is 4.68. The van der Waals surface area contributed by atoms with Gasteiger partial charge in [-0.15, -0.1) is 0 Å². The number of halogens is 2. The van der Waals surface area contributed by atoms with Crippen molar-refractivity contribution in [2.45, 2.75) is 0 Å². The summed E-state index contributed by atoms with van der Waals surface area (Å²) in [6, 6.07) is 12.8. The number of carbonyl (C=O) groups excluding carboxylic acids is 1. The van der Waals surface area contributed by atoms with Crippen LogP contribution in [0.5, 0.6) is 5.75 Å². The van der Waals surface area contributed by atoms with E-state index in [-0.39, 0.29) is 11.6 Å². The molecule has 0 saturated carbocycles. The Morgan fingerprint density at radius 3 is 2.83 bits per heavy atom. The molecule has 4 nitrogen and oxygen atoms in total. The molecule has 0 saturated heterocycles. The van der Waals surface area contributed by atoms with Gasteiger partial charge in [-0.1, -0.05) is 29.8 Å². The molecule has 1 heterocycles. The highest BCUT2D eigenvalue weighted by Gasteiger charge is 2.26. The van der Waals surface area contributed by atoms with Gasteiger partial charge in [-0.2, -0.15) is 0 Å². The van der Waals surface area contributed by atoms with Crippen molar-refractivity contribution in [1.82, 2.24) is 0 Å². The Bertz CT molecular complexity index is 845. The van der Waals surface area contributed by atoms with Crippen LogP contribution in [0.4, 0.5) is 0 Å². The number of ether oxygens (including phenoxy) is 2. The van der Waals surface area contributed by atoms with Crippen LogP contribution in [-0.2, 0) is 9.53 Å². The second kappa shape index (κ2) is 6.72. The van der Waals surface area contributed by atoms with Gasteiger partial charge >= 0.3 is 5.97 Å². The van der Waals surface area contributed by atoms with Gasteiger partial charge in [0.05, 0.1) is 17.7 Å². The van der Waals surface area contributed by atoms with Crippen molar-refractivity contribution >= 4 is 52.1 Å². The molecule has 0 bridgehead atoms. The molecule has 0 aromatic heterocycles. The monoisotopic (exact) mass is 439 g/mol. The number of benzene rings is 2. The van der Waals surface area contributed by atoms with Crippen molar-refractivity contribution in [3.8, 4) is 5.75 Å². The molecule has 6 heteroatoms. The summed E-state index contributed by atoms with van der Waals surface area (Å²) in [7, 11) is 1.57. The van der Waals surface area contributed by atoms with Crippen molar-refractivity contribution < 1.29 is 14.3 Å². The van der Waals surface area contributed by atoms with E-state index in [1.807, 2.05) is 36.4 Å². The smallest absolute Gasteiger partial charge is 0.363 e. The standard InChI is InChI=1S/C17H11ClINO3/c1-22-15-5-3-2-4-10(15)8-14-17(21)23-16(20-14)12-9-11(19)6-7-13(12)18/h2-9H,1H3/b14-8-. The third-order valence-electron chi connectivity index (χ3n) is 3.21.